The molecule has 1 atom stereocenters. The van der Waals surface area contributed by atoms with Gasteiger partial charge in [-0.25, -0.2) is 0 Å². The minimum absolute atomic E-state index is 0.387. The lowest BCUT2D eigenvalue weighted by atomic mass is 9.80. The van der Waals surface area contributed by atoms with Crippen LogP contribution in [-0.2, 0) is 0 Å². The molecule has 1 aliphatic rings. The predicted octanol–water partition coefficient (Wildman–Crippen LogP) is 4.29. The molecule has 1 heterocycles. The van der Waals surface area contributed by atoms with Gasteiger partial charge in [0, 0.05) is 17.2 Å². The van der Waals surface area contributed by atoms with Gasteiger partial charge in [-0.2, -0.15) is 0 Å². The molecular weight excluding hydrogens is 238 g/mol. The van der Waals surface area contributed by atoms with Crippen LogP contribution in [-0.4, -0.2) is 18.8 Å². The summed E-state index contributed by atoms with van der Waals surface area (Å²) < 4.78 is 0. The van der Waals surface area contributed by atoms with E-state index in [9.17, 15) is 0 Å². The van der Waals surface area contributed by atoms with Gasteiger partial charge in [-0.3, -0.25) is 0 Å². The fourth-order valence-electron chi connectivity index (χ4n) is 2.74. The van der Waals surface area contributed by atoms with E-state index in [4.69, 9.17) is 0 Å². The van der Waals surface area contributed by atoms with E-state index in [1.807, 2.05) is 11.8 Å². The zero-order valence-corrected chi connectivity index (χ0v) is 12.6. The van der Waals surface area contributed by atoms with E-state index < -0.39 is 0 Å². The highest BCUT2D eigenvalue weighted by Crippen LogP contribution is 2.44. The van der Waals surface area contributed by atoms with Gasteiger partial charge in [-0.05, 0) is 42.3 Å². The first-order valence-electron chi connectivity index (χ1n) is 7.05. The van der Waals surface area contributed by atoms with Crippen LogP contribution in [0.3, 0.4) is 0 Å². The van der Waals surface area contributed by atoms with Gasteiger partial charge in [0.15, 0.2) is 0 Å². The van der Waals surface area contributed by atoms with Crippen LogP contribution in [0.5, 0.6) is 0 Å². The number of nitrogens with one attached hydrogen (secondary N) is 1. The van der Waals surface area contributed by atoms with Crippen LogP contribution in [0.2, 0.25) is 0 Å². The molecule has 1 aromatic rings. The highest BCUT2D eigenvalue weighted by Gasteiger charge is 2.29. The lowest BCUT2D eigenvalue weighted by Crippen LogP contribution is -2.31. The lowest BCUT2D eigenvalue weighted by Gasteiger charge is -2.28. The summed E-state index contributed by atoms with van der Waals surface area (Å²) in [6.07, 6.45) is 2.51. The molecule has 0 fully saturated rings. The van der Waals surface area contributed by atoms with Crippen molar-refractivity contribution in [1.29, 1.82) is 0 Å². The van der Waals surface area contributed by atoms with Gasteiger partial charge in [0.05, 0.1) is 0 Å². The van der Waals surface area contributed by atoms with E-state index >= 15 is 0 Å². The van der Waals surface area contributed by atoms with Gasteiger partial charge in [-0.1, -0.05) is 39.0 Å². The van der Waals surface area contributed by atoms with Gasteiger partial charge in [0.1, 0.15) is 0 Å². The summed E-state index contributed by atoms with van der Waals surface area (Å²) in [5.74, 6) is 2.00. The first kappa shape index (κ1) is 14.0. The van der Waals surface area contributed by atoms with Crippen LogP contribution >= 0.6 is 11.8 Å². The second-order valence-electron chi connectivity index (χ2n) is 6.09. The van der Waals surface area contributed by atoms with Crippen molar-refractivity contribution >= 4 is 11.8 Å². The van der Waals surface area contributed by atoms with Crippen molar-refractivity contribution in [3.63, 3.8) is 0 Å². The zero-order chi connectivity index (χ0) is 13.0. The Balaban J connectivity index is 1.94. The smallest absolute Gasteiger partial charge is 0.0107 e. The number of hydrogen-bond donors (Lipinski definition) is 1. The van der Waals surface area contributed by atoms with Crippen LogP contribution in [0.4, 0.5) is 0 Å². The number of benzene rings is 1. The average molecular weight is 263 g/mol. The minimum Gasteiger partial charge on any atom is -0.316 e. The maximum Gasteiger partial charge on any atom is 0.0107 e. The first-order chi connectivity index (χ1) is 8.62. The van der Waals surface area contributed by atoms with Crippen molar-refractivity contribution in [2.45, 2.75) is 44.4 Å². The topological polar surface area (TPSA) is 12.0 Å². The van der Waals surface area contributed by atoms with Crippen LogP contribution in [0, 0.1) is 5.41 Å². The second-order valence-corrected chi connectivity index (χ2v) is 7.15. The van der Waals surface area contributed by atoms with Gasteiger partial charge in [-0.15, -0.1) is 11.8 Å². The Morgan fingerprint density at radius 3 is 2.89 bits per heavy atom. The van der Waals surface area contributed by atoms with E-state index in [1.54, 1.807) is 5.56 Å². The molecule has 0 radical (unpaired) electrons. The maximum absolute atomic E-state index is 3.57. The molecule has 100 valence electrons. The van der Waals surface area contributed by atoms with Crippen LogP contribution in [0.1, 0.15) is 45.1 Å². The molecule has 0 aliphatic carbocycles. The fraction of sp³-hybridized carbons (Fsp3) is 0.625. The molecular formula is C16H25NS. The fourth-order valence-corrected chi connectivity index (χ4v) is 4.00. The highest BCUT2D eigenvalue weighted by atomic mass is 32.2. The summed E-state index contributed by atoms with van der Waals surface area (Å²) in [5, 5.41) is 3.57. The summed E-state index contributed by atoms with van der Waals surface area (Å²) >= 11 is 2.02. The van der Waals surface area contributed by atoms with E-state index in [1.165, 1.54) is 23.5 Å². The third-order valence-electron chi connectivity index (χ3n) is 3.63. The van der Waals surface area contributed by atoms with Crippen molar-refractivity contribution in [2.75, 3.05) is 18.8 Å². The highest BCUT2D eigenvalue weighted by molar-refractivity contribution is 7.99. The minimum atomic E-state index is 0.387. The van der Waals surface area contributed by atoms with Crippen molar-refractivity contribution in [1.82, 2.24) is 5.32 Å². The molecule has 0 spiro atoms. The van der Waals surface area contributed by atoms with Gasteiger partial charge in [0.25, 0.3) is 0 Å². The Bertz CT molecular complexity index is 386. The summed E-state index contributed by atoms with van der Waals surface area (Å²) in [4.78, 5) is 1.50. The van der Waals surface area contributed by atoms with E-state index in [0.717, 1.165) is 19.0 Å². The van der Waals surface area contributed by atoms with Gasteiger partial charge >= 0.3 is 0 Å². The van der Waals surface area contributed by atoms with Crippen molar-refractivity contribution in [3.05, 3.63) is 29.8 Å². The van der Waals surface area contributed by atoms with Crippen molar-refractivity contribution < 1.29 is 0 Å². The summed E-state index contributed by atoms with van der Waals surface area (Å²) in [6.45, 7) is 9.27. The molecule has 1 N–H and O–H groups in total. The Morgan fingerprint density at radius 2 is 2.11 bits per heavy atom. The largest absolute Gasteiger partial charge is 0.316 e. The molecule has 1 aromatic carbocycles. The summed E-state index contributed by atoms with van der Waals surface area (Å²) in [6, 6.07) is 8.92. The molecule has 1 unspecified atom stereocenters. The number of thioether (sulfide) groups is 1. The van der Waals surface area contributed by atoms with E-state index in [2.05, 4.69) is 50.4 Å². The number of hydrogen-bond acceptors (Lipinski definition) is 2. The average Bonchev–Trinajstić information content (AvgIpc) is 2.72. The SMILES string of the molecule is CCCNCC(C)(C)CC1CSc2ccccc21. The normalized spacial score (nSPS) is 18.9. The summed E-state index contributed by atoms with van der Waals surface area (Å²) in [7, 11) is 0. The van der Waals surface area contributed by atoms with Crippen LogP contribution in [0.25, 0.3) is 0 Å². The quantitative estimate of drug-likeness (QED) is 0.768. The Hall–Kier alpha value is -0.470. The second kappa shape index (κ2) is 6.12. The molecule has 0 aromatic heterocycles. The van der Waals surface area contributed by atoms with Gasteiger partial charge < -0.3 is 5.32 Å². The predicted molar refractivity (Wildman–Crippen MR) is 81.5 cm³/mol. The molecule has 0 amide bonds. The molecule has 1 nitrogen and oxygen atoms in total. The Morgan fingerprint density at radius 1 is 1.33 bits per heavy atom. The molecule has 18 heavy (non-hydrogen) atoms. The summed E-state index contributed by atoms with van der Waals surface area (Å²) in [5.41, 5.74) is 1.96. The van der Waals surface area contributed by atoms with Crippen LogP contribution in [0.15, 0.2) is 29.2 Å². The standard InChI is InChI=1S/C16H25NS/c1-4-9-17-12-16(2,3)10-13-11-18-15-8-6-5-7-14(13)15/h5-8,13,17H,4,9-12H2,1-3H3. The third kappa shape index (κ3) is 3.52. The molecule has 0 saturated carbocycles. The Kier molecular flexibility index (Phi) is 4.74. The number of rotatable bonds is 6. The molecule has 2 heteroatoms. The first-order valence-corrected chi connectivity index (χ1v) is 8.03. The molecule has 1 aliphatic heterocycles. The zero-order valence-electron chi connectivity index (χ0n) is 11.8. The molecule has 2 rings (SSSR count). The molecule has 0 saturated heterocycles. The van der Waals surface area contributed by atoms with Crippen molar-refractivity contribution in [2.24, 2.45) is 5.41 Å². The number of fused-ring (bicyclic) bond motifs is 1. The van der Waals surface area contributed by atoms with Gasteiger partial charge in [0.2, 0.25) is 0 Å². The molecule has 0 bridgehead atoms. The van der Waals surface area contributed by atoms with Crippen LogP contribution < -0.4 is 5.32 Å². The van der Waals surface area contributed by atoms with Crippen molar-refractivity contribution in [3.8, 4) is 0 Å². The third-order valence-corrected chi connectivity index (χ3v) is 4.88. The van der Waals surface area contributed by atoms with E-state index in [0.29, 0.717) is 5.41 Å². The monoisotopic (exact) mass is 263 g/mol. The van der Waals surface area contributed by atoms with E-state index in [-0.39, 0.29) is 0 Å². The lowest BCUT2D eigenvalue weighted by molar-refractivity contribution is 0.296. The maximum atomic E-state index is 3.57. The Labute approximate surface area is 116 Å².